The number of benzene rings is 2. The van der Waals surface area contributed by atoms with Gasteiger partial charge in [0.25, 0.3) is 5.91 Å². The van der Waals surface area contributed by atoms with Crippen molar-refractivity contribution in [2.24, 2.45) is 0 Å². The van der Waals surface area contributed by atoms with Gasteiger partial charge in [-0.2, -0.15) is 0 Å². The van der Waals surface area contributed by atoms with Gasteiger partial charge in [0.15, 0.2) is 0 Å². The third kappa shape index (κ3) is 6.27. The molecule has 3 N–H and O–H groups in total. The molecule has 1 atom stereocenters. The fraction of sp³-hybridized carbons (Fsp3) is 0.300. The quantitative estimate of drug-likeness (QED) is 0.574. The van der Waals surface area contributed by atoms with Crippen molar-refractivity contribution in [3.8, 4) is 5.75 Å². The third-order valence-corrected chi connectivity index (χ3v) is 4.11. The fourth-order valence-corrected chi connectivity index (χ4v) is 2.59. The smallest absolute Gasteiger partial charge is 0.255 e. The van der Waals surface area contributed by atoms with Crippen molar-refractivity contribution >= 4 is 23.4 Å². The molecule has 2 amide bonds. The standard InChI is InChI=1S/C20H23ClN2O4/c1-2-27-13-5-12-22-20(26)18(14-8-10-15(21)11-9-14)23-19(25)16-6-3-4-7-17(16)24/h3-4,6-11,18,24H,2,5,12-13H2,1H3,(H,22,26)(H,23,25)/t18-/m1/s1. The van der Waals surface area contributed by atoms with Gasteiger partial charge in [0, 0.05) is 24.8 Å². The molecule has 27 heavy (non-hydrogen) atoms. The predicted molar refractivity (Wildman–Crippen MR) is 104 cm³/mol. The van der Waals surface area contributed by atoms with Crippen LogP contribution in [-0.4, -0.2) is 36.7 Å². The first-order valence-electron chi connectivity index (χ1n) is 8.72. The van der Waals surface area contributed by atoms with Gasteiger partial charge >= 0.3 is 0 Å². The van der Waals surface area contributed by atoms with Gasteiger partial charge in [-0.3, -0.25) is 9.59 Å². The Morgan fingerprint density at radius 2 is 1.85 bits per heavy atom. The zero-order valence-electron chi connectivity index (χ0n) is 15.1. The van der Waals surface area contributed by atoms with Gasteiger partial charge in [0.05, 0.1) is 5.56 Å². The molecule has 0 bridgehead atoms. The van der Waals surface area contributed by atoms with Crippen molar-refractivity contribution in [1.29, 1.82) is 0 Å². The highest BCUT2D eigenvalue weighted by Gasteiger charge is 2.24. The summed E-state index contributed by atoms with van der Waals surface area (Å²) >= 11 is 5.92. The number of halogens is 1. The molecule has 0 saturated heterocycles. The topological polar surface area (TPSA) is 87.7 Å². The maximum Gasteiger partial charge on any atom is 0.255 e. The minimum absolute atomic E-state index is 0.0978. The fourth-order valence-electron chi connectivity index (χ4n) is 2.46. The number of para-hydroxylation sites is 1. The van der Waals surface area contributed by atoms with E-state index in [2.05, 4.69) is 10.6 Å². The van der Waals surface area contributed by atoms with Crippen LogP contribution in [0.3, 0.4) is 0 Å². The van der Waals surface area contributed by atoms with Gasteiger partial charge in [-0.25, -0.2) is 0 Å². The van der Waals surface area contributed by atoms with E-state index in [9.17, 15) is 14.7 Å². The molecule has 6 nitrogen and oxygen atoms in total. The van der Waals surface area contributed by atoms with Gasteiger partial charge in [0.2, 0.25) is 5.91 Å². The Labute approximate surface area is 163 Å². The second-order valence-electron chi connectivity index (χ2n) is 5.82. The summed E-state index contributed by atoms with van der Waals surface area (Å²) in [5.74, 6) is -1.04. The maximum atomic E-state index is 12.7. The third-order valence-electron chi connectivity index (χ3n) is 3.86. The molecule has 0 aromatic heterocycles. The second-order valence-corrected chi connectivity index (χ2v) is 6.25. The SMILES string of the molecule is CCOCCCNC(=O)[C@H](NC(=O)c1ccccc1O)c1ccc(Cl)cc1. The maximum absolute atomic E-state index is 12.7. The number of aromatic hydroxyl groups is 1. The molecule has 7 heteroatoms. The number of ether oxygens (including phenoxy) is 1. The molecule has 2 aromatic rings. The van der Waals surface area contributed by atoms with E-state index in [0.29, 0.717) is 36.8 Å². The molecular weight excluding hydrogens is 368 g/mol. The normalized spacial score (nSPS) is 11.6. The minimum Gasteiger partial charge on any atom is -0.507 e. The molecular formula is C20H23ClN2O4. The van der Waals surface area contributed by atoms with Gasteiger partial charge in [-0.1, -0.05) is 35.9 Å². The molecule has 0 aliphatic rings. The van der Waals surface area contributed by atoms with Gasteiger partial charge in [-0.15, -0.1) is 0 Å². The Bertz CT molecular complexity index is 765. The summed E-state index contributed by atoms with van der Waals surface area (Å²) in [6.07, 6.45) is 0.667. The van der Waals surface area contributed by atoms with Gasteiger partial charge in [0.1, 0.15) is 11.8 Å². The van der Waals surface area contributed by atoms with Crippen LogP contribution < -0.4 is 10.6 Å². The highest BCUT2D eigenvalue weighted by Crippen LogP contribution is 2.20. The lowest BCUT2D eigenvalue weighted by atomic mass is 10.0. The number of hydrogen-bond donors (Lipinski definition) is 3. The number of rotatable bonds is 9. The zero-order valence-corrected chi connectivity index (χ0v) is 15.8. The van der Waals surface area contributed by atoms with Crippen molar-refractivity contribution in [3.05, 3.63) is 64.7 Å². The van der Waals surface area contributed by atoms with Crippen LogP contribution in [0.4, 0.5) is 0 Å². The summed E-state index contributed by atoms with van der Waals surface area (Å²) in [4.78, 5) is 25.2. The summed E-state index contributed by atoms with van der Waals surface area (Å²) in [5, 5.41) is 15.9. The summed E-state index contributed by atoms with van der Waals surface area (Å²) in [7, 11) is 0. The van der Waals surface area contributed by atoms with Crippen molar-refractivity contribution in [2.45, 2.75) is 19.4 Å². The van der Waals surface area contributed by atoms with E-state index >= 15 is 0 Å². The number of phenolic OH excluding ortho intramolecular Hbond substituents is 1. The van der Waals surface area contributed by atoms with E-state index in [1.54, 1.807) is 36.4 Å². The highest BCUT2D eigenvalue weighted by molar-refractivity contribution is 6.30. The highest BCUT2D eigenvalue weighted by atomic mass is 35.5. The number of carbonyl (C=O) groups excluding carboxylic acids is 2. The lowest BCUT2D eigenvalue weighted by Gasteiger charge is -2.19. The Hall–Kier alpha value is -2.57. The second kappa shape index (κ2) is 10.5. The van der Waals surface area contributed by atoms with Crippen LogP contribution in [0.2, 0.25) is 5.02 Å². The lowest BCUT2D eigenvalue weighted by molar-refractivity contribution is -0.123. The van der Waals surface area contributed by atoms with Gasteiger partial charge in [-0.05, 0) is 43.2 Å². The molecule has 2 aromatic carbocycles. The molecule has 0 unspecified atom stereocenters. The van der Waals surface area contributed by atoms with Crippen molar-refractivity contribution < 1.29 is 19.4 Å². The van der Waals surface area contributed by atoms with E-state index in [-0.39, 0.29) is 17.2 Å². The first-order valence-corrected chi connectivity index (χ1v) is 9.10. The number of hydrogen-bond acceptors (Lipinski definition) is 4. The number of carbonyl (C=O) groups is 2. The zero-order chi connectivity index (χ0) is 19.6. The van der Waals surface area contributed by atoms with Crippen molar-refractivity contribution in [2.75, 3.05) is 19.8 Å². The predicted octanol–water partition coefficient (Wildman–Crippen LogP) is 3.06. The van der Waals surface area contributed by atoms with E-state index in [0.717, 1.165) is 0 Å². The molecule has 0 aliphatic carbocycles. The van der Waals surface area contributed by atoms with Gasteiger partial charge < -0.3 is 20.5 Å². The Morgan fingerprint density at radius 1 is 1.15 bits per heavy atom. The number of nitrogens with one attached hydrogen (secondary N) is 2. The summed E-state index contributed by atoms with van der Waals surface area (Å²) in [5.41, 5.74) is 0.686. The minimum atomic E-state index is -0.915. The van der Waals surface area contributed by atoms with Crippen LogP contribution in [0.15, 0.2) is 48.5 Å². The Kier molecular flexibility index (Phi) is 8.10. The monoisotopic (exact) mass is 390 g/mol. The number of phenols is 1. The Balaban J connectivity index is 2.12. The molecule has 0 heterocycles. The van der Waals surface area contributed by atoms with Crippen molar-refractivity contribution in [1.82, 2.24) is 10.6 Å². The molecule has 144 valence electrons. The van der Waals surface area contributed by atoms with Crippen LogP contribution in [0.25, 0.3) is 0 Å². The van der Waals surface area contributed by atoms with Crippen LogP contribution >= 0.6 is 11.6 Å². The summed E-state index contributed by atoms with van der Waals surface area (Å²) in [6, 6.07) is 11.9. The molecule has 2 rings (SSSR count). The van der Waals surface area contributed by atoms with E-state index in [4.69, 9.17) is 16.3 Å². The lowest BCUT2D eigenvalue weighted by Crippen LogP contribution is -2.41. The average Bonchev–Trinajstić information content (AvgIpc) is 2.67. The molecule has 0 radical (unpaired) electrons. The molecule has 0 spiro atoms. The summed E-state index contributed by atoms with van der Waals surface area (Å²) in [6.45, 7) is 3.50. The van der Waals surface area contributed by atoms with Crippen LogP contribution in [0, 0.1) is 0 Å². The summed E-state index contributed by atoms with van der Waals surface area (Å²) < 4.78 is 5.25. The van der Waals surface area contributed by atoms with E-state index in [1.807, 2.05) is 6.92 Å². The van der Waals surface area contributed by atoms with E-state index < -0.39 is 11.9 Å². The molecule has 0 saturated carbocycles. The average molecular weight is 391 g/mol. The first kappa shape index (κ1) is 20.7. The molecule has 0 aliphatic heterocycles. The first-order chi connectivity index (χ1) is 13.0. The van der Waals surface area contributed by atoms with E-state index in [1.165, 1.54) is 12.1 Å². The van der Waals surface area contributed by atoms with Crippen LogP contribution in [-0.2, 0) is 9.53 Å². The molecule has 0 fully saturated rings. The Morgan fingerprint density at radius 3 is 2.52 bits per heavy atom. The van der Waals surface area contributed by atoms with Crippen LogP contribution in [0.5, 0.6) is 5.75 Å². The number of amides is 2. The van der Waals surface area contributed by atoms with Crippen molar-refractivity contribution in [3.63, 3.8) is 0 Å². The largest absolute Gasteiger partial charge is 0.507 e. The van der Waals surface area contributed by atoms with Crippen LogP contribution in [0.1, 0.15) is 35.3 Å².